The highest BCUT2D eigenvalue weighted by atomic mass is 32.2. The Bertz CT molecular complexity index is 693. The molecule has 0 spiro atoms. The van der Waals surface area contributed by atoms with Crippen molar-refractivity contribution in [2.75, 3.05) is 26.9 Å². The number of carboxylic acids is 1. The van der Waals surface area contributed by atoms with Crippen LogP contribution in [0.4, 0.5) is 8.78 Å². The van der Waals surface area contributed by atoms with Gasteiger partial charge >= 0.3 is 5.97 Å². The average molecular weight is 337 g/mol. The number of hydrogen-bond donors (Lipinski definition) is 1. The minimum Gasteiger partial charge on any atom is -0.492 e. The number of morpholine rings is 1. The van der Waals surface area contributed by atoms with Crippen molar-refractivity contribution in [3.63, 3.8) is 0 Å². The van der Waals surface area contributed by atoms with E-state index in [9.17, 15) is 22.0 Å². The van der Waals surface area contributed by atoms with E-state index in [1.807, 2.05) is 0 Å². The van der Waals surface area contributed by atoms with E-state index in [1.54, 1.807) is 0 Å². The lowest BCUT2D eigenvalue weighted by molar-refractivity contribution is -0.146. The topological polar surface area (TPSA) is 93.1 Å². The highest BCUT2D eigenvalue weighted by Crippen LogP contribution is 2.33. The molecule has 0 aliphatic carbocycles. The van der Waals surface area contributed by atoms with Gasteiger partial charge in [-0.25, -0.2) is 17.2 Å². The summed E-state index contributed by atoms with van der Waals surface area (Å²) in [5, 5.41) is 9.08. The molecule has 2 rings (SSSR count). The van der Waals surface area contributed by atoms with Crippen LogP contribution in [-0.4, -0.2) is 56.7 Å². The summed E-state index contributed by atoms with van der Waals surface area (Å²) < 4.78 is 62.9. The van der Waals surface area contributed by atoms with Gasteiger partial charge in [0.1, 0.15) is 11.9 Å². The molecule has 1 heterocycles. The minimum atomic E-state index is -4.62. The fraction of sp³-hybridized carbons (Fsp3) is 0.417. The predicted molar refractivity (Wildman–Crippen MR) is 69.0 cm³/mol. The molecule has 1 aliphatic heterocycles. The summed E-state index contributed by atoms with van der Waals surface area (Å²) in [5.74, 6) is -4.54. The van der Waals surface area contributed by atoms with E-state index in [4.69, 9.17) is 9.84 Å². The van der Waals surface area contributed by atoms with Crippen LogP contribution < -0.4 is 4.74 Å². The number of aliphatic carboxylic acids is 1. The first kappa shape index (κ1) is 16.6. The zero-order valence-electron chi connectivity index (χ0n) is 11.5. The lowest BCUT2D eigenvalue weighted by atomic mass is 10.3. The molecule has 7 nitrogen and oxygen atoms in total. The van der Waals surface area contributed by atoms with Crippen LogP contribution in [0.15, 0.2) is 17.0 Å². The zero-order chi connectivity index (χ0) is 16.5. The summed E-state index contributed by atoms with van der Waals surface area (Å²) in [5.41, 5.74) is 0. The maximum absolute atomic E-state index is 14.0. The van der Waals surface area contributed by atoms with Crippen LogP contribution in [0.3, 0.4) is 0 Å². The monoisotopic (exact) mass is 337 g/mol. The Morgan fingerprint density at radius 2 is 2.05 bits per heavy atom. The van der Waals surface area contributed by atoms with Crippen molar-refractivity contribution < 1.29 is 36.6 Å². The molecule has 0 bridgehead atoms. The molecule has 0 amide bonds. The van der Waals surface area contributed by atoms with Crippen molar-refractivity contribution in [1.29, 1.82) is 0 Å². The van der Waals surface area contributed by atoms with E-state index in [-0.39, 0.29) is 19.8 Å². The zero-order valence-corrected chi connectivity index (χ0v) is 12.3. The van der Waals surface area contributed by atoms with E-state index in [1.165, 1.54) is 0 Å². The van der Waals surface area contributed by atoms with Crippen LogP contribution in [0.2, 0.25) is 0 Å². The number of rotatable bonds is 4. The molecule has 1 N–H and O–H groups in total. The fourth-order valence-electron chi connectivity index (χ4n) is 2.13. The normalized spacial score (nSPS) is 19.9. The van der Waals surface area contributed by atoms with Crippen molar-refractivity contribution >= 4 is 16.0 Å². The van der Waals surface area contributed by atoms with Gasteiger partial charge in [-0.05, 0) is 12.1 Å². The smallest absolute Gasteiger partial charge is 0.324 e. The molecule has 1 aliphatic rings. The number of halogens is 2. The third-order valence-corrected chi connectivity index (χ3v) is 5.10. The van der Waals surface area contributed by atoms with Gasteiger partial charge in [0.05, 0.1) is 20.3 Å². The number of carbonyl (C=O) groups is 1. The quantitative estimate of drug-likeness (QED) is 0.857. The van der Waals surface area contributed by atoms with Crippen LogP contribution in [0.5, 0.6) is 5.75 Å². The van der Waals surface area contributed by atoms with Crippen LogP contribution in [0.25, 0.3) is 0 Å². The maximum atomic E-state index is 14.0. The first-order chi connectivity index (χ1) is 10.3. The third-order valence-electron chi connectivity index (χ3n) is 3.15. The second kappa shape index (κ2) is 6.15. The molecule has 0 radical (unpaired) electrons. The van der Waals surface area contributed by atoms with Gasteiger partial charge in [0.25, 0.3) is 10.0 Å². The molecular weight excluding hydrogens is 324 g/mol. The molecule has 1 unspecified atom stereocenters. The Morgan fingerprint density at radius 3 is 2.64 bits per heavy atom. The van der Waals surface area contributed by atoms with Crippen LogP contribution in [-0.2, 0) is 19.6 Å². The molecular formula is C12H13F2NO6S. The van der Waals surface area contributed by atoms with Crippen molar-refractivity contribution in [3.05, 3.63) is 23.8 Å². The molecule has 1 aromatic carbocycles. The SMILES string of the molecule is COc1c(F)ccc(F)c1S(=O)(=O)N1CCOCC1C(=O)O. The first-order valence-electron chi connectivity index (χ1n) is 6.15. The Balaban J connectivity index is 2.59. The van der Waals surface area contributed by atoms with Crippen molar-refractivity contribution in [1.82, 2.24) is 4.31 Å². The van der Waals surface area contributed by atoms with E-state index >= 15 is 0 Å². The number of methoxy groups -OCH3 is 1. The Kier molecular flexibility index (Phi) is 4.63. The van der Waals surface area contributed by atoms with Crippen LogP contribution in [0.1, 0.15) is 0 Å². The van der Waals surface area contributed by atoms with Gasteiger partial charge in [-0.2, -0.15) is 4.31 Å². The minimum absolute atomic E-state index is 0.0533. The molecule has 122 valence electrons. The lowest BCUT2D eigenvalue weighted by Crippen LogP contribution is -2.52. The van der Waals surface area contributed by atoms with E-state index < -0.39 is 44.3 Å². The van der Waals surface area contributed by atoms with Crippen LogP contribution in [0, 0.1) is 11.6 Å². The Hall–Kier alpha value is -1.78. The summed E-state index contributed by atoms with van der Waals surface area (Å²) in [6.45, 7) is -0.728. The first-order valence-corrected chi connectivity index (χ1v) is 7.59. The van der Waals surface area contributed by atoms with Gasteiger partial charge in [0.2, 0.25) is 0 Å². The van der Waals surface area contributed by atoms with Gasteiger partial charge < -0.3 is 14.6 Å². The highest BCUT2D eigenvalue weighted by molar-refractivity contribution is 7.89. The second-order valence-electron chi connectivity index (χ2n) is 4.44. The molecule has 1 atom stereocenters. The number of hydrogen-bond acceptors (Lipinski definition) is 5. The van der Waals surface area contributed by atoms with Gasteiger partial charge in [-0.3, -0.25) is 4.79 Å². The van der Waals surface area contributed by atoms with E-state index in [0.717, 1.165) is 13.2 Å². The number of nitrogens with zero attached hydrogens (tertiary/aromatic N) is 1. The highest BCUT2D eigenvalue weighted by Gasteiger charge is 2.41. The summed E-state index contributed by atoms with van der Waals surface area (Å²) >= 11 is 0. The Morgan fingerprint density at radius 1 is 1.41 bits per heavy atom. The molecule has 0 saturated carbocycles. The maximum Gasteiger partial charge on any atom is 0.324 e. The van der Waals surface area contributed by atoms with Gasteiger partial charge in [0, 0.05) is 6.54 Å². The van der Waals surface area contributed by atoms with Gasteiger partial charge in [-0.15, -0.1) is 0 Å². The summed E-state index contributed by atoms with van der Waals surface area (Å²) in [7, 11) is -3.63. The second-order valence-corrected chi connectivity index (χ2v) is 6.26. The third kappa shape index (κ3) is 2.76. The number of benzene rings is 1. The summed E-state index contributed by atoms with van der Waals surface area (Å²) in [6.07, 6.45) is 0. The van der Waals surface area contributed by atoms with Gasteiger partial charge in [-0.1, -0.05) is 0 Å². The number of carboxylic acid groups (broad SMARTS) is 1. The summed E-state index contributed by atoms with van der Waals surface area (Å²) in [6, 6.07) is -0.159. The summed E-state index contributed by atoms with van der Waals surface area (Å²) in [4.78, 5) is 10.1. The molecule has 1 aromatic rings. The number of ether oxygens (including phenoxy) is 2. The molecule has 10 heteroatoms. The van der Waals surface area contributed by atoms with E-state index in [2.05, 4.69) is 4.74 Å². The van der Waals surface area contributed by atoms with Crippen LogP contribution >= 0.6 is 0 Å². The average Bonchev–Trinajstić information content (AvgIpc) is 2.48. The van der Waals surface area contributed by atoms with Crippen molar-refractivity contribution in [3.8, 4) is 5.75 Å². The standard InChI is InChI=1S/C12H13F2NO6S/c1-20-10-7(13)2-3-8(14)11(10)22(18,19)15-4-5-21-6-9(15)12(16)17/h2-3,9H,4-6H2,1H3,(H,16,17). The fourth-order valence-corrected chi connectivity index (χ4v) is 3.90. The predicted octanol–water partition coefficient (Wildman–Crippen LogP) is 0.448. The number of sulfonamides is 1. The van der Waals surface area contributed by atoms with Crippen molar-refractivity contribution in [2.24, 2.45) is 0 Å². The molecule has 1 saturated heterocycles. The van der Waals surface area contributed by atoms with Crippen molar-refractivity contribution in [2.45, 2.75) is 10.9 Å². The van der Waals surface area contributed by atoms with E-state index in [0.29, 0.717) is 10.4 Å². The largest absolute Gasteiger partial charge is 0.492 e. The molecule has 0 aromatic heterocycles. The molecule has 22 heavy (non-hydrogen) atoms. The lowest BCUT2D eigenvalue weighted by Gasteiger charge is -2.32. The Labute approximate surface area is 125 Å². The molecule has 1 fully saturated rings. The van der Waals surface area contributed by atoms with Gasteiger partial charge in [0.15, 0.2) is 16.5 Å².